The van der Waals surface area contributed by atoms with E-state index in [9.17, 15) is 9.90 Å². The van der Waals surface area contributed by atoms with Gasteiger partial charge in [0.25, 0.3) is 0 Å². The minimum atomic E-state index is -0.939. The van der Waals surface area contributed by atoms with Crippen LogP contribution >= 0.6 is 0 Å². The SMILES string of the molecule is CC(C)(C)N(C(=O)O)c1cccc(CCc2cccc(N)c2)c1. The molecule has 122 valence electrons. The Morgan fingerprint density at radius 1 is 1.04 bits per heavy atom. The highest BCUT2D eigenvalue weighted by Crippen LogP contribution is 2.25. The predicted molar refractivity (Wildman–Crippen MR) is 95.0 cm³/mol. The number of carbonyl (C=O) groups is 1. The third-order valence-corrected chi connectivity index (χ3v) is 3.68. The molecule has 2 aromatic carbocycles. The minimum absolute atomic E-state index is 0.488. The summed E-state index contributed by atoms with van der Waals surface area (Å²) in [5.74, 6) is 0. The van der Waals surface area contributed by atoms with Crippen molar-refractivity contribution in [3.63, 3.8) is 0 Å². The van der Waals surface area contributed by atoms with Crippen LogP contribution in [0, 0.1) is 0 Å². The van der Waals surface area contributed by atoms with Gasteiger partial charge in [-0.2, -0.15) is 0 Å². The number of benzene rings is 2. The fraction of sp³-hybridized carbons (Fsp3) is 0.316. The molecule has 0 saturated carbocycles. The maximum atomic E-state index is 11.6. The molecule has 0 aliphatic rings. The quantitative estimate of drug-likeness (QED) is 0.825. The highest BCUT2D eigenvalue weighted by atomic mass is 16.4. The van der Waals surface area contributed by atoms with Gasteiger partial charge in [0, 0.05) is 16.9 Å². The van der Waals surface area contributed by atoms with Crippen LogP contribution in [0.1, 0.15) is 31.9 Å². The summed E-state index contributed by atoms with van der Waals surface area (Å²) < 4.78 is 0. The van der Waals surface area contributed by atoms with Crippen LogP contribution in [0.15, 0.2) is 48.5 Å². The van der Waals surface area contributed by atoms with Gasteiger partial charge >= 0.3 is 6.09 Å². The summed E-state index contributed by atoms with van der Waals surface area (Å²) in [4.78, 5) is 13.0. The molecule has 0 heterocycles. The molecule has 3 N–H and O–H groups in total. The van der Waals surface area contributed by atoms with Crippen LogP contribution in [-0.4, -0.2) is 16.7 Å². The van der Waals surface area contributed by atoms with E-state index >= 15 is 0 Å². The highest BCUT2D eigenvalue weighted by Gasteiger charge is 2.27. The van der Waals surface area contributed by atoms with Gasteiger partial charge in [-0.25, -0.2) is 4.79 Å². The summed E-state index contributed by atoms with van der Waals surface area (Å²) in [5.41, 5.74) is 9.07. The van der Waals surface area contributed by atoms with Gasteiger partial charge in [-0.15, -0.1) is 0 Å². The zero-order chi connectivity index (χ0) is 17.0. The first-order valence-corrected chi connectivity index (χ1v) is 7.74. The van der Waals surface area contributed by atoms with Gasteiger partial charge in [-0.05, 0) is 69.0 Å². The standard InChI is InChI=1S/C19H24N2O2/c1-19(2,3)21(18(22)23)17-9-5-7-15(13-17)11-10-14-6-4-8-16(20)12-14/h4-9,12-13H,10-11,20H2,1-3H3,(H,22,23). The van der Waals surface area contributed by atoms with Crippen molar-refractivity contribution in [1.82, 2.24) is 0 Å². The molecule has 4 nitrogen and oxygen atoms in total. The molecular weight excluding hydrogens is 288 g/mol. The Hall–Kier alpha value is -2.49. The van der Waals surface area contributed by atoms with Crippen LogP contribution in [0.5, 0.6) is 0 Å². The lowest BCUT2D eigenvalue weighted by Gasteiger charge is -2.33. The molecule has 0 aromatic heterocycles. The van der Waals surface area contributed by atoms with Crippen LogP contribution in [0.2, 0.25) is 0 Å². The van der Waals surface area contributed by atoms with Crippen molar-refractivity contribution >= 4 is 17.5 Å². The van der Waals surface area contributed by atoms with Crippen LogP contribution in [-0.2, 0) is 12.8 Å². The average Bonchev–Trinajstić information content (AvgIpc) is 2.44. The van der Waals surface area contributed by atoms with Gasteiger partial charge in [-0.1, -0.05) is 24.3 Å². The van der Waals surface area contributed by atoms with E-state index in [0.29, 0.717) is 5.69 Å². The van der Waals surface area contributed by atoms with Crippen molar-refractivity contribution in [3.05, 3.63) is 59.7 Å². The first-order chi connectivity index (χ1) is 10.8. The maximum absolute atomic E-state index is 11.6. The van der Waals surface area contributed by atoms with E-state index in [1.54, 1.807) is 0 Å². The van der Waals surface area contributed by atoms with Crippen molar-refractivity contribution in [1.29, 1.82) is 0 Å². The van der Waals surface area contributed by atoms with Gasteiger partial charge in [0.05, 0.1) is 0 Å². The molecule has 0 aliphatic heterocycles. The normalized spacial score (nSPS) is 11.3. The van der Waals surface area contributed by atoms with Crippen molar-refractivity contribution < 1.29 is 9.90 Å². The van der Waals surface area contributed by atoms with Crippen molar-refractivity contribution in [2.45, 2.75) is 39.2 Å². The summed E-state index contributed by atoms with van der Waals surface area (Å²) >= 11 is 0. The number of rotatable bonds is 4. The number of aryl methyl sites for hydroxylation is 2. The first-order valence-electron chi connectivity index (χ1n) is 7.74. The lowest BCUT2D eigenvalue weighted by Crippen LogP contribution is -2.45. The molecule has 2 aromatic rings. The molecule has 1 amide bonds. The first kappa shape index (κ1) is 16.9. The van der Waals surface area contributed by atoms with E-state index in [2.05, 4.69) is 6.07 Å². The largest absolute Gasteiger partial charge is 0.465 e. The smallest absolute Gasteiger partial charge is 0.412 e. The topological polar surface area (TPSA) is 66.6 Å². The summed E-state index contributed by atoms with van der Waals surface area (Å²) in [7, 11) is 0. The fourth-order valence-corrected chi connectivity index (χ4v) is 2.67. The van der Waals surface area contributed by atoms with E-state index in [1.807, 2.05) is 63.2 Å². The van der Waals surface area contributed by atoms with Crippen molar-refractivity contribution in [2.75, 3.05) is 10.6 Å². The van der Waals surface area contributed by atoms with Gasteiger partial charge in [0.15, 0.2) is 0 Å². The molecule has 0 unspecified atom stereocenters. The van der Waals surface area contributed by atoms with E-state index < -0.39 is 11.6 Å². The van der Waals surface area contributed by atoms with Crippen LogP contribution in [0.25, 0.3) is 0 Å². The molecular formula is C19H24N2O2. The Bertz CT molecular complexity index is 690. The molecule has 0 bridgehead atoms. The van der Waals surface area contributed by atoms with Crippen LogP contribution in [0.3, 0.4) is 0 Å². The third kappa shape index (κ3) is 4.49. The van der Waals surface area contributed by atoms with Crippen molar-refractivity contribution in [3.8, 4) is 0 Å². The van der Waals surface area contributed by atoms with Gasteiger partial charge in [0.1, 0.15) is 0 Å². The molecule has 0 spiro atoms. The lowest BCUT2D eigenvalue weighted by atomic mass is 10.0. The molecule has 4 heteroatoms. The zero-order valence-corrected chi connectivity index (χ0v) is 13.9. The Labute approximate surface area is 137 Å². The monoisotopic (exact) mass is 312 g/mol. The van der Waals surface area contributed by atoms with E-state index in [4.69, 9.17) is 5.73 Å². The number of carboxylic acid groups (broad SMARTS) is 1. The van der Waals surface area contributed by atoms with Gasteiger partial charge in [0.2, 0.25) is 0 Å². The van der Waals surface area contributed by atoms with Crippen LogP contribution in [0.4, 0.5) is 16.2 Å². The van der Waals surface area contributed by atoms with E-state index in [-0.39, 0.29) is 0 Å². The number of nitrogens with zero attached hydrogens (tertiary/aromatic N) is 1. The second kappa shape index (κ2) is 6.73. The number of nitrogen functional groups attached to an aromatic ring is 1. The summed E-state index contributed by atoms with van der Waals surface area (Å²) in [6, 6.07) is 15.6. The number of anilines is 2. The second-order valence-corrected chi connectivity index (χ2v) is 6.70. The molecule has 0 saturated heterocycles. The number of hydrogen-bond acceptors (Lipinski definition) is 2. The summed E-state index contributed by atoms with van der Waals surface area (Å²) in [6.07, 6.45) is 0.775. The highest BCUT2D eigenvalue weighted by molar-refractivity contribution is 5.87. The molecule has 23 heavy (non-hydrogen) atoms. The minimum Gasteiger partial charge on any atom is -0.465 e. The van der Waals surface area contributed by atoms with Crippen LogP contribution < -0.4 is 10.6 Å². The Kier molecular flexibility index (Phi) is 4.94. The zero-order valence-electron chi connectivity index (χ0n) is 13.9. The van der Waals surface area contributed by atoms with Gasteiger partial charge in [-0.3, -0.25) is 4.90 Å². The molecule has 0 aliphatic carbocycles. The lowest BCUT2D eigenvalue weighted by molar-refractivity contribution is 0.195. The Balaban J connectivity index is 2.17. The Morgan fingerprint density at radius 2 is 1.61 bits per heavy atom. The third-order valence-electron chi connectivity index (χ3n) is 3.68. The predicted octanol–water partition coefficient (Wildman–Crippen LogP) is 4.34. The van der Waals surface area contributed by atoms with E-state index in [0.717, 1.165) is 24.1 Å². The fourth-order valence-electron chi connectivity index (χ4n) is 2.67. The average molecular weight is 312 g/mol. The molecule has 0 radical (unpaired) electrons. The number of amides is 1. The van der Waals surface area contributed by atoms with E-state index in [1.165, 1.54) is 10.5 Å². The number of nitrogens with two attached hydrogens (primary N) is 1. The molecule has 0 fully saturated rings. The second-order valence-electron chi connectivity index (χ2n) is 6.70. The summed E-state index contributed by atoms with van der Waals surface area (Å²) in [6.45, 7) is 5.67. The van der Waals surface area contributed by atoms with Crippen molar-refractivity contribution in [2.24, 2.45) is 0 Å². The molecule has 0 atom stereocenters. The Morgan fingerprint density at radius 3 is 2.13 bits per heavy atom. The number of hydrogen-bond donors (Lipinski definition) is 2. The molecule has 2 rings (SSSR count). The maximum Gasteiger partial charge on any atom is 0.412 e. The summed E-state index contributed by atoms with van der Waals surface area (Å²) in [5, 5.41) is 9.50. The van der Waals surface area contributed by atoms with Gasteiger partial charge < -0.3 is 10.8 Å².